The molecule has 1 N–H and O–H groups in total. The number of nitrogens with one attached hydrogen (secondary N) is 1. The zero-order valence-electron chi connectivity index (χ0n) is 13.6. The van der Waals surface area contributed by atoms with E-state index in [9.17, 15) is 13.6 Å². The molecule has 1 fully saturated rings. The van der Waals surface area contributed by atoms with E-state index in [1.54, 1.807) is 18.2 Å². The summed E-state index contributed by atoms with van der Waals surface area (Å²) in [5.74, 6) is -0.0419. The van der Waals surface area contributed by atoms with Crippen LogP contribution in [0.3, 0.4) is 0 Å². The van der Waals surface area contributed by atoms with E-state index in [1.165, 1.54) is 0 Å². The normalized spacial score (nSPS) is 15.5. The van der Waals surface area contributed by atoms with Crippen molar-refractivity contribution >= 4 is 33.1 Å². The van der Waals surface area contributed by atoms with Gasteiger partial charge in [-0.05, 0) is 49.1 Å². The third-order valence-corrected chi connectivity index (χ3v) is 5.72. The van der Waals surface area contributed by atoms with Gasteiger partial charge in [0.05, 0.1) is 15.6 Å². The Kier molecular flexibility index (Phi) is 3.80. The molecular weight excluding hydrogens is 342 g/mol. The van der Waals surface area contributed by atoms with E-state index in [4.69, 9.17) is 0 Å². The minimum Gasteiger partial charge on any atom is -0.325 e. The number of hydrogen-bond donors (Lipinski definition) is 1. The fourth-order valence-corrected chi connectivity index (χ4v) is 4.08. The van der Waals surface area contributed by atoms with Crippen molar-refractivity contribution < 1.29 is 13.6 Å². The molecule has 0 saturated heterocycles. The number of alkyl halides is 2. The molecule has 0 spiro atoms. The lowest BCUT2D eigenvalue weighted by Gasteiger charge is -2.18. The van der Waals surface area contributed by atoms with Gasteiger partial charge in [0.1, 0.15) is 0 Å². The van der Waals surface area contributed by atoms with Crippen LogP contribution in [0.4, 0.5) is 14.5 Å². The van der Waals surface area contributed by atoms with Crippen LogP contribution in [-0.4, -0.2) is 10.9 Å². The number of amides is 1. The third-order valence-electron chi connectivity index (χ3n) is 4.69. The van der Waals surface area contributed by atoms with Crippen LogP contribution in [0, 0.1) is 6.92 Å². The molecular formula is C19H16F2N2OS. The van der Waals surface area contributed by atoms with Crippen LogP contribution in [0.2, 0.25) is 0 Å². The van der Waals surface area contributed by atoms with Gasteiger partial charge in [-0.25, -0.2) is 13.8 Å². The molecule has 2 aromatic carbocycles. The molecule has 128 valence electrons. The molecule has 1 aromatic heterocycles. The molecule has 0 atom stereocenters. The maximum Gasteiger partial charge on any atom is 0.289 e. The van der Waals surface area contributed by atoms with E-state index < -0.39 is 11.8 Å². The summed E-state index contributed by atoms with van der Waals surface area (Å²) in [6.07, 6.45) is -0.935. The first-order chi connectivity index (χ1) is 12.0. The van der Waals surface area contributed by atoms with Crippen molar-refractivity contribution in [3.63, 3.8) is 0 Å². The molecule has 3 aromatic rings. The number of carbonyl (C=O) groups is 1. The number of aryl methyl sites for hydroxylation is 1. The first-order valence-electron chi connectivity index (χ1n) is 8.06. The highest BCUT2D eigenvalue weighted by atomic mass is 32.1. The number of carbonyl (C=O) groups excluding carboxylic acids is 1. The summed E-state index contributed by atoms with van der Waals surface area (Å²) in [6, 6.07) is 13.0. The van der Waals surface area contributed by atoms with Crippen LogP contribution in [0.1, 0.15) is 35.4 Å². The number of fused-ring (bicyclic) bond motifs is 1. The molecule has 0 bridgehead atoms. The van der Waals surface area contributed by atoms with Crippen molar-refractivity contribution in [1.29, 1.82) is 0 Å². The first-order valence-corrected chi connectivity index (χ1v) is 8.87. The maximum absolute atomic E-state index is 12.9. The van der Waals surface area contributed by atoms with Crippen LogP contribution in [0.5, 0.6) is 0 Å². The SMILES string of the molecule is Cc1ccccc1C1(C(=O)Nc2ccc3nc(C(F)F)sc3c2)CC1. The van der Waals surface area contributed by atoms with Crippen LogP contribution in [0.15, 0.2) is 42.5 Å². The Hall–Kier alpha value is -2.34. The summed E-state index contributed by atoms with van der Waals surface area (Å²) in [6.45, 7) is 2.01. The molecule has 1 aliphatic carbocycles. The van der Waals surface area contributed by atoms with Gasteiger partial charge in [-0.15, -0.1) is 11.3 Å². The number of thiazole rings is 1. The predicted molar refractivity (Wildman–Crippen MR) is 95.3 cm³/mol. The second-order valence-corrected chi connectivity index (χ2v) is 7.45. The Bertz CT molecular complexity index is 963. The number of nitrogens with zero attached hydrogens (tertiary/aromatic N) is 1. The average Bonchev–Trinajstić information content (AvgIpc) is 3.28. The molecule has 4 rings (SSSR count). The summed E-state index contributed by atoms with van der Waals surface area (Å²) in [4.78, 5) is 16.8. The molecule has 0 radical (unpaired) electrons. The van der Waals surface area contributed by atoms with E-state index in [0.29, 0.717) is 15.9 Å². The monoisotopic (exact) mass is 358 g/mol. The topological polar surface area (TPSA) is 42.0 Å². The standard InChI is InChI=1S/C19H16F2N2OS/c1-11-4-2-3-5-13(11)19(8-9-19)18(24)22-12-6-7-14-15(10-12)25-17(23-14)16(20)21/h2-7,10,16H,8-9H2,1H3,(H,22,24). The molecule has 1 amide bonds. The number of anilines is 1. The fraction of sp³-hybridized carbons (Fsp3) is 0.263. The molecule has 1 saturated carbocycles. The van der Waals surface area contributed by atoms with Crippen molar-refractivity contribution in [1.82, 2.24) is 4.98 Å². The van der Waals surface area contributed by atoms with E-state index in [2.05, 4.69) is 10.3 Å². The highest BCUT2D eigenvalue weighted by Crippen LogP contribution is 2.50. The molecule has 1 heterocycles. The van der Waals surface area contributed by atoms with Crippen LogP contribution >= 0.6 is 11.3 Å². The number of halogens is 2. The van der Waals surface area contributed by atoms with E-state index in [1.807, 2.05) is 31.2 Å². The predicted octanol–water partition coefficient (Wildman–Crippen LogP) is 5.21. The zero-order chi connectivity index (χ0) is 17.6. The van der Waals surface area contributed by atoms with Gasteiger partial charge in [0.2, 0.25) is 5.91 Å². The van der Waals surface area contributed by atoms with Crippen molar-refractivity contribution in [2.45, 2.75) is 31.6 Å². The fourth-order valence-electron chi connectivity index (χ4n) is 3.22. The van der Waals surface area contributed by atoms with Gasteiger partial charge in [-0.1, -0.05) is 24.3 Å². The van der Waals surface area contributed by atoms with Gasteiger partial charge < -0.3 is 5.32 Å². The Labute approximate surface area is 147 Å². The lowest BCUT2D eigenvalue weighted by atomic mass is 9.91. The van der Waals surface area contributed by atoms with Gasteiger partial charge in [0.15, 0.2) is 5.01 Å². The van der Waals surface area contributed by atoms with E-state index in [0.717, 1.165) is 35.3 Å². The Balaban J connectivity index is 1.61. The second kappa shape index (κ2) is 5.88. The molecule has 0 aliphatic heterocycles. The Morgan fingerprint density at radius 2 is 2.00 bits per heavy atom. The van der Waals surface area contributed by atoms with Gasteiger partial charge in [0.25, 0.3) is 6.43 Å². The minimum atomic E-state index is -2.58. The summed E-state index contributed by atoms with van der Waals surface area (Å²) in [7, 11) is 0. The maximum atomic E-state index is 12.9. The quantitative estimate of drug-likeness (QED) is 0.695. The number of hydrogen-bond acceptors (Lipinski definition) is 3. The summed E-state index contributed by atoms with van der Waals surface area (Å²) < 4.78 is 26.2. The highest BCUT2D eigenvalue weighted by molar-refractivity contribution is 7.18. The Morgan fingerprint density at radius 3 is 2.68 bits per heavy atom. The molecule has 6 heteroatoms. The van der Waals surface area contributed by atoms with Gasteiger partial charge in [0, 0.05) is 5.69 Å². The average molecular weight is 358 g/mol. The highest BCUT2D eigenvalue weighted by Gasteiger charge is 2.51. The van der Waals surface area contributed by atoms with E-state index in [-0.39, 0.29) is 10.9 Å². The summed E-state index contributed by atoms with van der Waals surface area (Å²) in [5, 5.41) is 2.76. The lowest BCUT2D eigenvalue weighted by Crippen LogP contribution is -2.28. The number of benzene rings is 2. The minimum absolute atomic E-state index is 0.0419. The number of rotatable bonds is 4. The molecule has 0 unspecified atom stereocenters. The van der Waals surface area contributed by atoms with Crippen molar-refractivity contribution in [2.24, 2.45) is 0 Å². The summed E-state index contributed by atoms with van der Waals surface area (Å²) >= 11 is 0.956. The van der Waals surface area contributed by atoms with Gasteiger partial charge in [-0.2, -0.15) is 0 Å². The van der Waals surface area contributed by atoms with Crippen LogP contribution in [-0.2, 0) is 10.2 Å². The number of aromatic nitrogens is 1. The molecule has 1 aliphatic rings. The smallest absolute Gasteiger partial charge is 0.289 e. The zero-order valence-corrected chi connectivity index (χ0v) is 14.4. The van der Waals surface area contributed by atoms with Crippen LogP contribution in [0.25, 0.3) is 10.2 Å². The molecule has 25 heavy (non-hydrogen) atoms. The van der Waals surface area contributed by atoms with Gasteiger partial charge >= 0.3 is 0 Å². The van der Waals surface area contributed by atoms with Crippen molar-refractivity contribution in [3.05, 3.63) is 58.6 Å². The molecule has 3 nitrogen and oxygen atoms in total. The largest absolute Gasteiger partial charge is 0.325 e. The lowest BCUT2D eigenvalue weighted by molar-refractivity contribution is -0.118. The van der Waals surface area contributed by atoms with Crippen LogP contribution < -0.4 is 5.32 Å². The van der Waals surface area contributed by atoms with E-state index >= 15 is 0 Å². The van der Waals surface area contributed by atoms with Crippen molar-refractivity contribution in [2.75, 3.05) is 5.32 Å². The second-order valence-electron chi connectivity index (χ2n) is 6.39. The third kappa shape index (κ3) is 2.80. The van der Waals surface area contributed by atoms with Crippen molar-refractivity contribution in [3.8, 4) is 0 Å². The van der Waals surface area contributed by atoms with Gasteiger partial charge in [-0.3, -0.25) is 4.79 Å². The first kappa shape index (κ1) is 16.1. The Morgan fingerprint density at radius 1 is 1.24 bits per heavy atom. The summed E-state index contributed by atoms with van der Waals surface area (Å²) in [5.41, 5.74) is 2.84.